The van der Waals surface area contributed by atoms with Crippen LogP contribution in [0.15, 0.2) is 60.4 Å². The van der Waals surface area contributed by atoms with Crippen LogP contribution in [-0.4, -0.2) is 11.1 Å². The Labute approximate surface area is 115 Å². The summed E-state index contributed by atoms with van der Waals surface area (Å²) in [6, 6.07) is 16.3. The molecule has 102 valence electrons. The molecule has 0 fully saturated rings. The van der Waals surface area contributed by atoms with Gasteiger partial charge in [-0.15, -0.1) is 0 Å². The molecular weight excluding hydrogens is 259 g/mol. The van der Waals surface area contributed by atoms with Gasteiger partial charge in [0, 0.05) is 0 Å². The molecule has 20 heavy (non-hydrogen) atoms. The van der Waals surface area contributed by atoms with Crippen LogP contribution in [0, 0.1) is 0 Å². The highest BCUT2D eigenvalue weighted by Crippen LogP contribution is 2.16. The maximum atomic E-state index is 12.9. The molecule has 0 aromatic heterocycles. The second kappa shape index (κ2) is 6.52. The van der Waals surface area contributed by atoms with Gasteiger partial charge in [-0.25, -0.2) is 4.79 Å². The summed E-state index contributed by atoms with van der Waals surface area (Å²) in [7, 11) is 0. The molecule has 2 aromatic rings. The van der Waals surface area contributed by atoms with Gasteiger partial charge in [0.25, 0.3) is 0 Å². The fraction of sp³-hybridized carbons (Fsp3) is 0.0625. The Hall–Kier alpha value is -2.62. The molecule has 0 radical (unpaired) electrons. The zero-order valence-corrected chi connectivity index (χ0v) is 10.6. The molecule has 0 heterocycles. The van der Waals surface area contributed by atoms with Gasteiger partial charge >= 0.3 is 5.97 Å². The van der Waals surface area contributed by atoms with E-state index in [2.05, 4.69) is 0 Å². The summed E-state index contributed by atoms with van der Waals surface area (Å²) in [6.07, 6.45) is 0.962. The molecule has 4 heteroatoms. The predicted octanol–water partition coefficient (Wildman–Crippen LogP) is 3.66. The molecule has 0 spiro atoms. The summed E-state index contributed by atoms with van der Waals surface area (Å²) < 4.78 is 18.5. The molecule has 2 aromatic carbocycles. The van der Waals surface area contributed by atoms with E-state index in [1.807, 2.05) is 30.3 Å². The maximum absolute atomic E-state index is 12.9. The quantitative estimate of drug-likeness (QED) is 0.845. The van der Waals surface area contributed by atoms with Crippen molar-refractivity contribution in [3.63, 3.8) is 0 Å². The first-order valence-electron chi connectivity index (χ1n) is 6.02. The highest BCUT2D eigenvalue weighted by molar-refractivity contribution is 5.89. The van der Waals surface area contributed by atoms with Crippen LogP contribution in [0.5, 0.6) is 5.75 Å². The SMILES string of the molecule is O=C(O)C(F)=Cc1ccc(OCc2ccccc2)cc1. The summed E-state index contributed by atoms with van der Waals surface area (Å²) in [6.45, 7) is 0.444. The predicted molar refractivity (Wildman–Crippen MR) is 73.9 cm³/mol. The first-order valence-corrected chi connectivity index (χ1v) is 6.02. The standard InChI is InChI=1S/C16H13FO3/c17-15(16(18)19)10-12-6-8-14(9-7-12)20-11-13-4-2-1-3-5-13/h1-10H,11H2,(H,18,19). The third-order valence-corrected chi connectivity index (χ3v) is 2.63. The highest BCUT2D eigenvalue weighted by atomic mass is 19.1. The van der Waals surface area contributed by atoms with Crippen LogP contribution in [0.25, 0.3) is 6.08 Å². The van der Waals surface area contributed by atoms with E-state index in [1.54, 1.807) is 24.3 Å². The maximum Gasteiger partial charge on any atom is 0.364 e. The van der Waals surface area contributed by atoms with Gasteiger partial charge in [-0.3, -0.25) is 0 Å². The summed E-state index contributed by atoms with van der Waals surface area (Å²) in [5.41, 5.74) is 1.52. The van der Waals surface area contributed by atoms with Gasteiger partial charge in [-0.05, 0) is 29.3 Å². The molecule has 2 rings (SSSR count). The second-order valence-electron chi connectivity index (χ2n) is 4.14. The second-order valence-corrected chi connectivity index (χ2v) is 4.14. The number of aliphatic carboxylic acids is 1. The zero-order chi connectivity index (χ0) is 14.4. The lowest BCUT2D eigenvalue weighted by Crippen LogP contribution is -1.95. The first kappa shape index (κ1) is 13.8. The molecule has 0 aliphatic carbocycles. The van der Waals surface area contributed by atoms with E-state index in [4.69, 9.17) is 9.84 Å². The van der Waals surface area contributed by atoms with Crippen molar-refractivity contribution in [1.29, 1.82) is 0 Å². The minimum atomic E-state index is -1.57. The van der Waals surface area contributed by atoms with Crippen molar-refractivity contribution in [2.45, 2.75) is 6.61 Å². The van der Waals surface area contributed by atoms with E-state index in [-0.39, 0.29) is 0 Å². The Morgan fingerprint density at radius 1 is 1.10 bits per heavy atom. The largest absolute Gasteiger partial charge is 0.489 e. The monoisotopic (exact) mass is 272 g/mol. The Morgan fingerprint density at radius 3 is 2.35 bits per heavy atom. The third kappa shape index (κ3) is 3.95. The number of halogens is 1. The van der Waals surface area contributed by atoms with Gasteiger partial charge in [0.05, 0.1) is 0 Å². The van der Waals surface area contributed by atoms with E-state index >= 15 is 0 Å². The summed E-state index contributed by atoms with van der Waals surface area (Å²) in [5, 5.41) is 8.44. The first-order chi connectivity index (χ1) is 9.65. The molecule has 0 aliphatic heterocycles. The Bertz CT molecular complexity index is 603. The number of carboxylic acid groups (broad SMARTS) is 1. The van der Waals surface area contributed by atoms with Crippen LogP contribution in [0.3, 0.4) is 0 Å². The number of hydrogen-bond acceptors (Lipinski definition) is 2. The molecule has 3 nitrogen and oxygen atoms in total. The smallest absolute Gasteiger partial charge is 0.364 e. The summed E-state index contributed by atoms with van der Waals surface area (Å²) >= 11 is 0. The van der Waals surface area contributed by atoms with Crippen LogP contribution in [0.2, 0.25) is 0 Å². The molecule has 0 saturated heterocycles. The lowest BCUT2D eigenvalue weighted by atomic mass is 10.2. The Balaban J connectivity index is 1.98. The molecular formula is C16H13FO3. The molecule has 0 bridgehead atoms. The molecule has 0 saturated carbocycles. The van der Waals surface area contributed by atoms with E-state index in [0.29, 0.717) is 17.9 Å². The van der Waals surface area contributed by atoms with Crippen LogP contribution < -0.4 is 4.74 Å². The van der Waals surface area contributed by atoms with Crippen molar-refractivity contribution < 1.29 is 19.0 Å². The van der Waals surface area contributed by atoms with Gasteiger partial charge in [-0.1, -0.05) is 42.5 Å². The van der Waals surface area contributed by atoms with Gasteiger partial charge < -0.3 is 9.84 Å². The summed E-state index contributed by atoms with van der Waals surface area (Å²) in [5.74, 6) is -2.13. The minimum absolute atomic E-state index is 0.444. The lowest BCUT2D eigenvalue weighted by Gasteiger charge is -2.06. The van der Waals surface area contributed by atoms with Gasteiger partial charge in [0.2, 0.25) is 5.83 Å². The van der Waals surface area contributed by atoms with E-state index in [1.165, 1.54) is 0 Å². The Morgan fingerprint density at radius 2 is 1.75 bits per heavy atom. The molecule has 0 atom stereocenters. The van der Waals surface area contributed by atoms with Gasteiger partial charge in [0.15, 0.2) is 0 Å². The average molecular weight is 272 g/mol. The summed E-state index contributed by atoms with van der Waals surface area (Å²) in [4.78, 5) is 10.4. The van der Waals surface area contributed by atoms with Crippen LogP contribution in [0.1, 0.15) is 11.1 Å². The normalized spacial score (nSPS) is 11.2. The minimum Gasteiger partial charge on any atom is -0.489 e. The van der Waals surface area contributed by atoms with Gasteiger partial charge in [0.1, 0.15) is 12.4 Å². The molecule has 1 N–H and O–H groups in total. The number of hydrogen-bond donors (Lipinski definition) is 1. The van der Waals surface area contributed by atoms with E-state index in [0.717, 1.165) is 11.6 Å². The topological polar surface area (TPSA) is 46.5 Å². The van der Waals surface area contributed by atoms with Gasteiger partial charge in [-0.2, -0.15) is 4.39 Å². The van der Waals surface area contributed by atoms with Crippen molar-refractivity contribution in [2.24, 2.45) is 0 Å². The lowest BCUT2D eigenvalue weighted by molar-refractivity contribution is -0.134. The zero-order valence-electron chi connectivity index (χ0n) is 10.6. The van der Waals surface area contributed by atoms with E-state index < -0.39 is 11.8 Å². The van der Waals surface area contributed by atoms with E-state index in [9.17, 15) is 9.18 Å². The number of ether oxygens (including phenoxy) is 1. The van der Waals surface area contributed by atoms with Crippen LogP contribution in [0.4, 0.5) is 4.39 Å². The van der Waals surface area contributed by atoms with Crippen LogP contribution >= 0.6 is 0 Å². The van der Waals surface area contributed by atoms with Crippen molar-refractivity contribution in [3.8, 4) is 5.75 Å². The van der Waals surface area contributed by atoms with Crippen molar-refractivity contribution in [3.05, 3.63) is 71.6 Å². The van der Waals surface area contributed by atoms with Crippen molar-refractivity contribution in [1.82, 2.24) is 0 Å². The number of rotatable bonds is 5. The molecule has 0 aliphatic rings. The molecule has 0 unspecified atom stereocenters. The van der Waals surface area contributed by atoms with Crippen molar-refractivity contribution in [2.75, 3.05) is 0 Å². The molecule has 0 amide bonds. The Kier molecular flexibility index (Phi) is 4.50. The van der Waals surface area contributed by atoms with Crippen molar-refractivity contribution >= 4 is 12.0 Å². The number of benzene rings is 2. The fourth-order valence-electron chi connectivity index (χ4n) is 1.61. The number of carboxylic acids is 1. The highest BCUT2D eigenvalue weighted by Gasteiger charge is 2.04. The fourth-order valence-corrected chi connectivity index (χ4v) is 1.61. The average Bonchev–Trinajstić information content (AvgIpc) is 2.47. The third-order valence-electron chi connectivity index (χ3n) is 2.63. The van der Waals surface area contributed by atoms with Crippen LogP contribution in [-0.2, 0) is 11.4 Å². The number of carbonyl (C=O) groups is 1.